The number of benzene rings is 1. The van der Waals surface area contributed by atoms with E-state index >= 15 is 0 Å². The number of alkyl halides is 1. The zero-order chi connectivity index (χ0) is 15.0. The third-order valence-electron chi connectivity index (χ3n) is 3.72. The maximum absolute atomic E-state index is 12.4. The number of rotatable bonds is 3. The Balaban J connectivity index is 1.83. The average Bonchev–Trinajstić information content (AvgIpc) is 2.76. The Morgan fingerprint density at radius 3 is 2.86 bits per heavy atom. The first-order valence-electron chi connectivity index (χ1n) is 6.56. The Labute approximate surface area is 135 Å². The summed E-state index contributed by atoms with van der Waals surface area (Å²) in [6, 6.07) is 4.74. The molecule has 1 fully saturated rings. The first kappa shape index (κ1) is 14.3. The van der Waals surface area contributed by atoms with Crippen molar-refractivity contribution in [2.75, 3.05) is 4.61 Å². The molecule has 0 radical (unpaired) electrons. The van der Waals surface area contributed by atoms with E-state index in [1.807, 2.05) is 6.07 Å². The topological polar surface area (TPSA) is 75.7 Å². The number of carbonyl (C=O) groups excluding carboxylic acids is 3. The summed E-state index contributed by atoms with van der Waals surface area (Å²) in [5, 5.41) is 2.29. The number of carbonyl (C=O) groups is 3. The van der Waals surface area contributed by atoms with E-state index in [0.29, 0.717) is 28.9 Å². The number of imide groups is 1. The van der Waals surface area contributed by atoms with Gasteiger partial charge in [-0.1, -0.05) is 0 Å². The van der Waals surface area contributed by atoms with Crippen LogP contribution < -0.4 is 10.1 Å². The lowest BCUT2D eigenvalue weighted by molar-refractivity contribution is -0.136. The summed E-state index contributed by atoms with van der Waals surface area (Å²) >= 11 is 2.10. The monoisotopic (exact) mass is 400 g/mol. The molecule has 110 valence electrons. The number of hydrogen-bond acceptors (Lipinski definition) is 4. The highest BCUT2D eigenvalue weighted by Crippen LogP contribution is 2.30. The summed E-state index contributed by atoms with van der Waals surface area (Å²) in [7, 11) is 0. The molecule has 3 amide bonds. The van der Waals surface area contributed by atoms with E-state index in [9.17, 15) is 14.4 Å². The Bertz CT molecular complexity index is 631. The van der Waals surface area contributed by atoms with Gasteiger partial charge in [-0.25, -0.2) is 0 Å². The van der Waals surface area contributed by atoms with Crippen molar-refractivity contribution in [1.82, 2.24) is 10.2 Å². The molecule has 7 heteroatoms. The summed E-state index contributed by atoms with van der Waals surface area (Å²) in [6.07, 6.45) is 0.640. The van der Waals surface area contributed by atoms with Gasteiger partial charge in [0.05, 0.1) is 0 Å². The molecule has 21 heavy (non-hydrogen) atoms. The lowest BCUT2D eigenvalue weighted by Crippen LogP contribution is -2.52. The van der Waals surface area contributed by atoms with E-state index < -0.39 is 11.9 Å². The van der Waals surface area contributed by atoms with Crippen molar-refractivity contribution in [3.63, 3.8) is 0 Å². The fourth-order valence-electron chi connectivity index (χ4n) is 2.70. The van der Waals surface area contributed by atoms with Crippen molar-refractivity contribution < 1.29 is 19.1 Å². The number of hydrogen-bond donors (Lipinski definition) is 1. The fraction of sp³-hybridized carbons (Fsp3) is 0.357. The van der Waals surface area contributed by atoms with Gasteiger partial charge in [-0.05, 0) is 52.8 Å². The molecular formula is C14H13IN2O4. The van der Waals surface area contributed by atoms with Crippen molar-refractivity contribution in [1.29, 1.82) is 0 Å². The van der Waals surface area contributed by atoms with E-state index in [1.54, 1.807) is 12.1 Å². The summed E-state index contributed by atoms with van der Waals surface area (Å²) in [6.45, 7) is 0.374. The first-order chi connectivity index (χ1) is 10.1. The number of nitrogens with one attached hydrogen (secondary N) is 1. The summed E-state index contributed by atoms with van der Waals surface area (Å²) in [4.78, 5) is 37.0. The van der Waals surface area contributed by atoms with E-state index in [0.717, 1.165) is 5.56 Å². The van der Waals surface area contributed by atoms with Crippen molar-refractivity contribution in [2.45, 2.75) is 25.4 Å². The van der Waals surface area contributed by atoms with E-state index in [2.05, 4.69) is 27.9 Å². The second-order valence-corrected chi connectivity index (χ2v) is 5.60. The minimum Gasteiger partial charge on any atom is -0.483 e. The second-order valence-electron chi connectivity index (χ2n) is 4.97. The highest BCUT2D eigenvalue weighted by atomic mass is 127. The minimum atomic E-state index is -0.573. The van der Waals surface area contributed by atoms with Gasteiger partial charge in [-0.3, -0.25) is 19.7 Å². The van der Waals surface area contributed by atoms with Gasteiger partial charge in [0.2, 0.25) is 11.8 Å². The van der Waals surface area contributed by atoms with Gasteiger partial charge in [-0.15, -0.1) is 0 Å². The number of amides is 3. The third kappa shape index (κ3) is 2.61. The normalized spacial score (nSPS) is 21.3. The standard InChI is InChI=1S/C14H13IN2O4/c15-7-21-9-1-2-10-8(5-9)6-17(14(10)20)11-3-4-12(18)16-13(11)19/h1-2,5,11H,3-4,6-7H2,(H,16,18,19). The molecule has 1 saturated heterocycles. The molecule has 2 aliphatic rings. The highest BCUT2D eigenvalue weighted by molar-refractivity contribution is 14.1. The largest absolute Gasteiger partial charge is 0.483 e. The Morgan fingerprint density at radius 1 is 1.33 bits per heavy atom. The Hall–Kier alpha value is -1.64. The molecule has 1 atom stereocenters. The van der Waals surface area contributed by atoms with E-state index in [1.165, 1.54) is 4.90 Å². The van der Waals surface area contributed by atoms with Crippen molar-refractivity contribution in [2.24, 2.45) is 0 Å². The molecule has 0 saturated carbocycles. The van der Waals surface area contributed by atoms with Crippen LogP contribution in [-0.2, 0) is 16.1 Å². The van der Waals surface area contributed by atoms with Crippen LogP contribution in [0.25, 0.3) is 0 Å². The van der Waals surface area contributed by atoms with E-state index in [4.69, 9.17) is 4.74 Å². The van der Waals surface area contributed by atoms with Crippen LogP contribution in [0.15, 0.2) is 18.2 Å². The molecule has 3 rings (SSSR count). The lowest BCUT2D eigenvalue weighted by Gasteiger charge is -2.29. The van der Waals surface area contributed by atoms with Crippen LogP contribution in [0.1, 0.15) is 28.8 Å². The first-order valence-corrected chi connectivity index (χ1v) is 8.09. The number of ether oxygens (including phenoxy) is 1. The maximum atomic E-state index is 12.4. The average molecular weight is 400 g/mol. The summed E-state index contributed by atoms with van der Waals surface area (Å²) in [5.41, 5.74) is 1.45. The molecule has 6 nitrogen and oxygen atoms in total. The highest BCUT2D eigenvalue weighted by Gasteiger charge is 2.39. The molecule has 2 heterocycles. The van der Waals surface area contributed by atoms with Crippen LogP contribution >= 0.6 is 22.6 Å². The molecule has 1 aromatic carbocycles. The Morgan fingerprint density at radius 2 is 2.14 bits per heavy atom. The van der Waals surface area contributed by atoms with Gasteiger partial charge in [0.1, 0.15) is 16.4 Å². The molecule has 2 aliphatic heterocycles. The maximum Gasteiger partial charge on any atom is 0.255 e. The fourth-order valence-corrected chi connectivity index (χ4v) is 3.06. The molecule has 1 N–H and O–H groups in total. The zero-order valence-electron chi connectivity index (χ0n) is 11.1. The summed E-state index contributed by atoms with van der Waals surface area (Å²) < 4.78 is 5.94. The van der Waals surface area contributed by atoms with Gasteiger partial charge < -0.3 is 9.64 Å². The number of piperidine rings is 1. The van der Waals surface area contributed by atoms with Gasteiger partial charge in [-0.2, -0.15) is 0 Å². The van der Waals surface area contributed by atoms with Crippen LogP contribution in [0, 0.1) is 0 Å². The predicted octanol–water partition coefficient (Wildman–Crippen LogP) is 1.22. The van der Waals surface area contributed by atoms with Crippen LogP contribution in [0.5, 0.6) is 5.75 Å². The van der Waals surface area contributed by atoms with Crippen molar-refractivity contribution in [3.05, 3.63) is 29.3 Å². The number of fused-ring (bicyclic) bond motifs is 1. The van der Waals surface area contributed by atoms with Gasteiger partial charge >= 0.3 is 0 Å². The molecule has 0 aromatic heterocycles. The molecular weight excluding hydrogens is 387 g/mol. The molecule has 1 aromatic rings. The van der Waals surface area contributed by atoms with Crippen LogP contribution in [0.3, 0.4) is 0 Å². The second kappa shape index (κ2) is 5.63. The van der Waals surface area contributed by atoms with Crippen LogP contribution in [0.2, 0.25) is 0 Å². The molecule has 0 aliphatic carbocycles. The SMILES string of the molecule is O=C1CCC(N2Cc3cc(OCI)ccc3C2=O)C(=O)N1. The summed E-state index contributed by atoms with van der Waals surface area (Å²) in [5.74, 6) is -0.129. The molecule has 1 unspecified atom stereocenters. The quantitative estimate of drug-likeness (QED) is 0.471. The zero-order valence-corrected chi connectivity index (χ0v) is 13.3. The van der Waals surface area contributed by atoms with Gasteiger partial charge in [0.15, 0.2) is 0 Å². The van der Waals surface area contributed by atoms with Crippen molar-refractivity contribution >= 4 is 40.3 Å². The predicted molar refractivity (Wildman–Crippen MR) is 82.0 cm³/mol. The van der Waals surface area contributed by atoms with Gasteiger partial charge in [0, 0.05) is 18.5 Å². The smallest absolute Gasteiger partial charge is 0.255 e. The Kier molecular flexibility index (Phi) is 3.83. The minimum absolute atomic E-state index is 0.166. The van der Waals surface area contributed by atoms with Crippen LogP contribution in [0.4, 0.5) is 0 Å². The van der Waals surface area contributed by atoms with Crippen LogP contribution in [-0.4, -0.2) is 33.3 Å². The number of nitrogens with zero attached hydrogens (tertiary/aromatic N) is 1. The third-order valence-corrected chi connectivity index (χ3v) is 4.03. The molecule has 0 bridgehead atoms. The van der Waals surface area contributed by atoms with Gasteiger partial charge in [0.25, 0.3) is 5.91 Å². The molecule has 0 spiro atoms. The van der Waals surface area contributed by atoms with Crippen molar-refractivity contribution in [3.8, 4) is 5.75 Å². The number of halogens is 1. The van der Waals surface area contributed by atoms with E-state index in [-0.39, 0.29) is 18.2 Å². The lowest BCUT2D eigenvalue weighted by atomic mass is 10.0.